The van der Waals surface area contributed by atoms with E-state index >= 15 is 0 Å². The molecule has 0 aliphatic rings. The minimum Gasteiger partial charge on any atom is -0.507 e. The Balaban J connectivity index is 2.86. The van der Waals surface area contributed by atoms with Crippen molar-refractivity contribution in [3.05, 3.63) is 28.8 Å². The monoisotopic (exact) mass is 252 g/mol. The maximum Gasteiger partial charge on any atom is 0.257 e. The van der Waals surface area contributed by atoms with Crippen LogP contribution in [0.4, 0.5) is 0 Å². The molecule has 0 radical (unpaired) electrons. The van der Waals surface area contributed by atoms with Gasteiger partial charge in [0.15, 0.2) is 0 Å². The topological polar surface area (TPSA) is 64.3 Å². The van der Waals surface area contributed by atoms with Gasteiger partial charge in [0, 0.05) is 18.6 Å². The lowest BCUT2D eigenvalue weighted by molar-refractivity contribution is 0.0782. The number of nitrogens with zero attached hydrogens (tertiary/aromatic N) is 2. The summed E-state index contributed by atoms with van der Waals surface area (Å²) in [5.74, 6) is -0.737. The van der Waals surface area contributed by atoms with Crippen molar-refractivity contribution < 1.29 is 9.90 Å². The maximum absolute atomic E-state index is 11.9. The van der Waals surface area contributed by atoms with E-state index in [1.807, 2.05) is 6.07 Å². The lowest BCUT2D eigenvalue weighted by atomic mass is 10.1. The van der Waals surface area contributed by atoms with Crippen LogP contribution in [0.3, 0.4) is 0 Å². The average molecular weight is 253 g/mol. The van der Waals surface area contributed by atoms with Gasteiger partial charge in [-0.05, 0) is 25.1 Å². The largest absolute Gasteiger partial charge is 0.507 e. The van der Waals surface area contributed by atoms with E-state index in [1.165, 1.54) is 23.1 Å². The van der Waals surface area contributed by atoms with E-state index < -0.39 is 0 Å². The van der Waals surface area contributed by atoms with Crippen molar-refractivity contribution in [1.29, 1.82) is 5.26 Å². The fourth-order valence-corrected chi connectivity index (χ4v) is 1.59. The predicted octanol–water partition coefficient (Wildman–Crippen LogP) is 2.28. The van der Waals surface area contributed by atoms with E-state index in [1.54, 1.807) is 14.0 Å². The Bertz CT molecular complexity index is 468. The molecule has 90 valence electrons. The highest BCUT2D eigenvalue weighted by atomic mass is 35.5. The zero-order valence-corrected chi connectivity index (χ0v) is 10.4. The Morgan fingerprint density at radius 2 is 2.29 bits per heavy atom. The van der Waals surface area contributed by atoms with Crippen LogP contribution in [0, 0.1) is 17.2 Å². The van der Waals surface area contributed by atoms with Gasteiger partial charge < -0.3 is 10.0 Å². The third-order valence-electron chi connectivity index (χ3n) is 2.30. The number of amides is 1. The van der Waals surface area contributed by atoms with Gasteiger partial charge in [0.25, 0.3) is 5.91 Å². The first-order chi connectivity index (χ1) is 7.95. The van der Waals surface area contributed by atoms with E-state index in [9.17, 15) is 9.90 Å². The van der Waals surface area contributed by atoms with Gasteiger partial charge >= 0.3 is 0 Å². The first-order valence-electron chi connectivity index (χ1n) is 5.09. The van der Waals surface area contributed by atoms with Crippen LogP contribution in [0.2, 0.25) is 5.02 Å². The third kappa shape index (κ3) is 3.36. The molecule has 0 aliphatic carbocycles. The van der Waals surface area contributed by atoms with Crippen LogP contribution < -0.4 is 0 Å². The summed E-state index contributed by atoms with van der Waals surface area (Å²) in [7, 11) is 1.59. The first kappa shape index (κ1) is 13.3. The number of phenolic OH excluding ortho intramolecular Hbond substituents is 1. The molecule has 5 heteroatoms. The van der Waals surface area contributed by atoms with Gasteiger partial charge in [-0.2, -0.15) is 5.26 Å². The molecule has 1 atom stereocenters. The van der Waals surface area contributed by atoms with E-state index in [-0.39, 0.29) is 23.1 Å². The third-order valence-corrected chi connectivity index (χ3v) is 2.54. The van der Waals surface area contributed by atoms with Crippen molar-refractivity contribution >= 4 is 17.5 Å². The van der Waals surface area contributed by atoms with Gasteiger partial charge in [-0.15, -0.1) is 0 Å². The Kier molecular flexibility index (Phi) is 4.36. The Morgan fingerprint density at radius 3 is 2.82 bits per heavy atom. The number of nitriles is 1. The molecule has 1 unspecified atom stereocenters. The quantitative estimate of drug-likeness (QED) is 0.898. The van der Waals surface area contributed by atoms with Crippen molar-refractivity contribution in [2.45, 2.75) is 6.92 Å². The molecule has 1 N–H and O–H groups in total. The molecule has 0 saturated heterocycles. The van der Waals surface area contributed by atoms with Crippen LogP contribution in [-0.4, -0.2) is 29.5 Å². The predicted molar refractivity (Wildman–Crippen MR) is 64.9 cm³/mol. The molecule has 0 saturated carbocycles. The number of carbonyl (C=O) groups excluding carboxylic acids is 1. The molecule has 1 aromatic rings. The zero-order chi connectivity index (χ0) is 13.0. The van der Waals surface area contributed by atoms with Crippen LogP contribution in [0.5, 0.6) is 5.75 Å². The zero-order valence-electron chi connectivity index (χ0n) is 9.64. The average Bonchev–Trinajstić information content (AvgIpc) is 2.28. The fourth-order valence-electron chi connectivity index (χ4n) is 1.43. The summed E-state index contributed by atoms with van der Waals surface area (Å²) in [6.07, 6.45) is 0. The highest BCUT2D eigenvalue weighted by Gasteiger charge is 2.17. The Labute approximate surface area is 105 Å². The van der Waals surface area contributed by atoms with Crippen molar-refractivity contribution in [2.24, 2.45) is 5.92 Å². The summed E-state index contributed by atoms with van der Waals surface area (Å²) in [5, 5.41) is 18.6. The first-order valence-corrected chi connectivity index (χ1v) is 5.47. The van der Waals surface area contributed by atoms with Crippen LogP contribution in [0.1, 0.15) is 17.3 Å². The molecule has 1 aromatic carbocycles. The second-order valence-electron chi connectivity index (χ2n) is 3.88. The van der Waals surface area contributed by atoms with Crippen molar-refractivity contribution in [3.8, 4) is 11.8 Å². The lowest BCUT2D eigenvalue weighted by Crippen LogP contribution is -2.30. The standard InChI is InChI=1S/C12H13ClN2O2/c1-8(6-14)7-15(2)12(17)10-4-3-9(13)5-11(10)16/h3-5,8,16H,7H2,1-2H3. The molecule has 0 heterocycles. The van der Waals surface area contributed by atoms with Crippen molar-refractivity contribution in [1.82, 2.24) is 4.90 Å². The minimum atomic E-state index is -0.332. The SMILES string of the molecule is CC(C#N)CN(C)C(=O)c1ccc(Cl)cc1O. The summed E-state index contributed by atoms with van der Waals surface area (Å²) in [4.78, 5) is 13.3. The van der Waals surface area contributed by atoms with Crippen molar-refractivity contribution in [3.63, 3.8) is 0 Å². The van der Waals surface area contributed by atoms with Gasteiger partial charge in [0.1, 0.15) is 5.75 Å². The van der Waals surface area contributed by atoms with Gasteiger partial charge in [-0.3, -0.25) is 4.79 Å². The fraction of sp³-hybridized carbons (Fsp3) is 0.333. The summed E-state index contributed by atoms with van der Waals surface area (Å²) in [5.41, 5.74) is 0.182. The molecule has 0 aliphatic heterocycles. The summed E-state index contributed by atoms with van der Waals surface area (Å²) in [6, 6.07) is 6.37. The van der Waals surface area contributed by atoms with Crippen LogP contribution in [0.15, 0.2) is 18.2 Å². The highest BCUT2D eigenvalue weighted by molar-refractivity contribution is 6.30. The second-order valence-corrected chi connectivity index (χ2v) is 4.31. The van der Waals surface area contributed by atoms with Gasteiger partial charge in [0.05, 0.1) is 17.6 Å². The minimum absolute atomic E-state index is 0.154. The molecule has 4 nitrogen and oxygen atoms in total. The highest BCUT2D eigenvalue weighted by Crippen LogP contribution is 2.23. The number of rotatable bonds is 3. The van der Waals surface area contributed by atoms with E-state index in [0.717, 1.165) is 0 Å². The smallest absolute Gasteiger partial charge is 0.257 e. The number of benzene rings is 1. The van der Waals surface area contributed by atoms with Crippen molar-refractivity contribution in [2.75, 3.05) is 13.6 Å². The van der Waals surface area contributed by atoms with Crippen LogP contribution >= 0.6 is 11.6 Å². The Morgan fingerprint density at radius 1 is 1.65 bits per heavy atom. The maximum atomic E-state index is 11.9. The van der Waals surface area contributed by atoms with E-state index in [2.05, 4.69) is 0 Å². The molecule has 0 spiro atoms. The number of halogens is 1. The van der Waals surface area contributed by atoms with Crippen LogP contribution in [-0.2, 0) is 0 Å². The number of hydrogen-bond acceptors (Lipinski definition) is 3. The summed E-state index contributed by atoms with van der Waals surface area (Å²) < 4.78 is 0. The molecule has 1 rings (SSSR count). The summed E-state index contributed by atoms with van der Waals surface area (Å²) >= 11 is 5.68. The molecular weight excluding hydrogens is 240 g/mol. The molecule has 1 amide bonds. The second kappa shape index (κ2) is 5.55. The van der Waals surface area contributed by atoms with E-state index in [4.69, 9.17) is 16.9 Å². The van der Waals surface area contributed by atoms with Gasteiger partial charge in [0.2, 0.25) is 0 Å². The molecular formula is C12H13ClN2O2. The molecule has 0 aromatic heterocycles. The van der Waals surface area contributed by atoms with Gasteiger partial charge in [-0.25, -0.2) is 0 Å². The number of aromatic hydroxyl groups is 1. The number of phenols is 1. The molecule has 17 heavy (non-hydrogen) atoms. The van der Waals surface area contributed by atoms with Gasteiger partial charge in [-0.1, -0.05) is 11.6 Å². The number of carbonyl (C=O) groups is 1. The normalized spacial score (nSPS) is 11.6. The molecule has 0 bridgehead atoms. The lowest BCUT2D eigenvalue weighted by Gasteiger charge is -2.18. The number of hydrogen-bond donors (Lipinski definition) is 1. The Hall–Kier alpha value is -1.73. The molecule has 0 fully saturated rings. The van der Waals surface area contributed by atoms with Crippen LogP contribution in [0.25, 0.3) is 0 Å². The van der Waals surface area contributed by atoms with E-state index in [0.29, 0.717) is 11.6 Å². The summed E-state index contributed by atoms with van der Waals surface area (Å²) in [6.45, 7) is 2.04.